The monoisotopic (exact) mass is 524 g/mol. The molecule has 3 atom stereocenters. The summed E-state index contributed by atoms with van der Waals surface area (Å²) >= 11 is 1.32. The van der Waals surface area contributed by atoms with Crippen LogP contribution in [0.25, 0.3) is 0 Å². The zero-order valence-corrected chi connectivity index (χ0v) is 23.5. The third kappa shape index (κ3) is 5.83. The second-order valence-corrected chi connectivity index (χ2v) is 11.3. The highest BCUT2D eigenvalue weighted by Gasteiger charge is 2.33. The molecule has 9 heteroatoms. The number of nitrogens with two attached hydrogens (primary N) is 1. The first kappa shape index (κ1) is 27.1. The highest BCUT2D eigenvalue weighted by atomic mass is 32.1. The van der Waals surface area contributed by atoms with E-state index in [1.807, 2.05) is 11.0 Å². The van der Waals surface area contributed by atoms with E-state index in [0.29, 0.717) is 10.0 Å². The van der Waals surface area contributed by atoms with Crippen LogP contribution in [0.4, 0.5) is 10.9 Å². The second-order valence-electron chi connectivity index (χ2n) is 10.3. The van der Waals surface area contributed by atoms with Gasteiger partial charge in [-0.2, -0.15) is 0 Å². The van der Waals surface area contributed by atoms with E-state index in [4.69, 9.17) is 5.73 Å². The average Bonchev–Trinajstić information content (AvgIpc) is 3.26. The Kier molecular flexibility index (Phi) is 8.23. The number of nitrogens with one attached hydrogen (secondary N) is 1. The quantitative estimate of drug-likeness (QED) is 0.494. The van der Waals surface area contributed by atoms with E-state index in [9.17, 15) is 9.59 Å². The fourth-order valence-electron chi connectivity index (χ4n) is 5.35. The van der Waals surface area contributed by atoms with Crippen molar-refractivity contribution in [2.75, 3.05) is 50.3 Å². The van der Waals surface area contributed by atoms with E-state index >= 15 is 0 Å². The number of likely N-dealkylation sites (N-methyl/N-ethyl adjacent to an activating group) is 1. The molecule has 1 aromatic rings. The van der Waals surface area contributed by atoms with Gasteiger partial charge in [0.2, 0.25) is 5.91 Å². The number of piperazine rings is 1. The van der Waals surface area contributed by atoms with Crippen LogP contribution in [0.3, 0.4) is 0 Å². The normalized spacial score (nSPS) is 26.0. The van der Waals surface area contributed by atoms with Crippen molar-refractivity contribution in [1.29, 1.82) is 0 Å². The molecule has 0 radical (unpaired) electrons. The third-order valence-electron chi connectivity index (χ3n) is 7.84. The Morgan fingerprint density at radius 2 is 1.92 bits per heavy atom. The molecule has 4 rings (SSSR count). The van der Waals surface area contributed by atoms with Gasteiger partial charge >= 0.3 is 0 Å². The van der Waals surface area contributed by atoms with Gasteiger partial charge in [0, 0.05) is 69.0 Å². The lowest BCUT2D eigenvalue weighted by Crippen LogP contribution is -2.56. The Morgan fingerprint density at radius 3 is 2.49 bits per heavy atom. The standard InChI is InChI=1S/C28H40N6O2S/c1-6-32(7-2)22-8-9-23(19(3)18-22)24(36)25-26(29)31-27(37-25)30-21-10-12-28(5,13-11-21)34-16-14-33(15-17-34)20(4)35/h8-12,18-19,23H,6-7,13-17,29H2,1-5H3,(H,30,31). The number of hydrogen-bond donors (Lipinski definition) is 2. The van der Waals surface area contributed by atoms with Crippen LogP contribution in [-0.2, 0) is 4.79 Å². The van der Waals surface area contributed by atoms with Gasteiger partial charge in [-0.15, -0.1) is 0 Å². The molecule has 37 heavy (non-hydrogen) atoms. The van der Waals surface area contributed by atoms with E-state index in [0.717, 1.165) is 51.4 Å². The third-order valence-corrected chi connectivity index (χ3v) is 8.84. The molecule has 1 fully saturated rings. The number of nitrogen functional groups attached to an aromatic ring is 1. The van der Waals surface area contributed by atoms with Crippen LogP contribution in [0, 0.1) is 11.8 Å². The Labute approximate surface area is 224 Å². The summed E-state index contributed by atoms with van der Waals surface area (Å²) < 4.78 is 0. The Balaban J connectivity index is 1.38. The Morgan fingerprint density at radius 1 is 1.22 bits per heavy atom. The number of carbonyl (C=O) groups excluding carboxylic acids is 2. The zero-order valence-electron chi connectivity index (χ0n) is 22.7. The van der Waals surface area contributed by atoms with Crippen LogP contribution in [0.1, 0.15) is 50.7 Å². The molecule has 1 saturated heterocycles. The smallest absolute Gasteiger partial charge is 0.219 e. The number of amides is 1. The van der Waals surface area contributed by atoms with Crippen LogP contribution in [-0.4, -0.2) is 76.2 Å². The molecule has 2 heterocycles. The Hall–Kier alpha value is -2.91. The first-order valence-electron chi connectivity index (χ1n) is 13.3. The summed E-state index contributed by atoms with van der Waals surface area (Å²) in [6.07, 6.45) is 13.6. The zero-order chi connectivity index (χ0) is 26.7. The number of anilines is 2. The number of allylic oxidation sites excluding steroid dienone is 4. The number of aromatic nitrogens is 1. The maximum atomic E-state index is 13.4. The van der Waals surface area contributed by atoms with Crippen LogP contribution in [0.5, 0.6) is 0 Å². The average molecular weight is 525 g/mol. The van der Waals surface area contributed by atoms with Crippen molar-refractivity contribution in [3.63, 3.8) is 0 Å². The summed E-state index contributed by atoms with van der Waals surface area (Å²) in [5.41, 5.74) is 8.25. The molecule has 1 aromatic heterocycles. The van der Waals surface area contributed by atoms with Crippen LogP contribution in [0.15, 0.2) is 47.9 Å². The van der Waals surface area contributed by atoms with E-state index in [2.05, 4.69) is 78.2 Å². The number of carbonyl (C=O) groups is 2. The molecule has 0 aromatic carbocycles. The van der Waals surface area contributed by atoms with Gasteiger partial charge in [0.05, 0.1) is 0 Å². The molecule has 1 amide bonds. The molecule has 0 bridgehead atoms. The lowest BCUT2D eigenvalue weighted by Gasteiger charge is -2.45. The second kappa shape index (κ2) is 11.2. The number of thiazole rings is 1. The maximum Gasteiger partial charge on any atom is 0.219 e. The molecule has 2 aliphatic carbocycles. The van der Waals surface area contributed by atoms with Crippen LogP contribution < -0.4 is 11.1 Å². The SMILES string of the molecule is CCN(CC)C1=CC(C)C(C(=O)c2sc(NC3=CCC(C)(N4CCN(C(C)=O)CC4)C=C3)nc2N)C=C1. The summed E-state index contributed by atoms with van der Waals surface area (Å²) in [4.78, 5) is 36.6. The summed E-state index contributed by atoms with van der Waals surface area (Å²) in [5.74, 6) is 0.293. The molecule has 0 spiro atoms. The summed E-state index contributed by atoms with van der Waals surface area (Å²) in [6.45, 7) is 15.4. The van der Waals surface area contributed by atoms with Gasteiger partial charge < -0.3 is 20.9 Å². The minimum absolute atomic E-state index is 0.0205. The van der Waals surface area contributed by atoms with Crippen LogP contribution >= 0.6 is 11.3 Å². The largest absolute Gasteiger partial charge is 0.382 e. The van der Waals surface area contributed by atoms with Crippen molar-refractivity contribution < 1.29 is 9.59 Å². The summed E-state index contributed by atoms with van der Waals surface area (Å²) in [5, 5.41) is 3.98. The van der Waals surface area contributed by atoms with Gasteiger partial charge in [-0.3, -0.25) is 14.5 Å². The van der Waals surface area contributed by atoms with Crippen molar-refractivity contribution in [1.82, 2.24) is 19.7 Å². The topological polar surface area (TPSA) is 94.8 Å². The maximum absolute atomic E-state index is 13.4. The molecule has 3 N–H and O–H groups in total. The first-order valence-corrected chi connectivity index (χ1v) is 14.1. The van der Waals surface area contributed by atoms with Crippen molar-refractivity contribution in [2.24, 2.45) is 11.8 Å². The van der Waals surface area contributed by atoms with Gasteiger partial charge in [-0.1, -0.05) is 42.6 Å². The number of Topliss-reactive ketones (excluding diaryl/α,β-unsaturated/α-hetero) is 1. The highest BCUT2D eigenvalue weighted by molar-refractivity contribution is 7.18. The van der Waals surface area contributed by atoms with Crippen molar-refractivity contribution >= 4 is 34.0 Å². The fraction of sp³-hybridized carbons (Fsp3) is 0.536. The molecule has 8 nitrogen and oxygen atoms in total. The Bertz CT molecular complexity index is 1140. The number of rotatable bonds is 8. The first-order chi connectivity index (χ1) is 17.6. The lowest BCUT2D eigenvalue weighted by atomic mass is 9.85. The molecule has 3 aliphatic rings. The number of ketones is 1. The van der Waals surface area contributed by atoms with Gasteiger partial charge in [-0.25, -0.2) is 4.98 Å². The molecule has 3 unspecified atom stereocenters. The minimum Gasteiger partial charge on any atom is -0.382 e. The van der Waals surface area contributed by atoms with E-state index in [1.54, 1.807) is 6.92 Å². The summed E-state index contributed by atoms with van der Waals surface area (Å²) in [6, 6.07) is 0. The fourth-order valence-corrected chi connectivity index (χ4v) is 6.24. The molecule has 200 valence electrons. The summed E-state index contributed by atoms with van der Waals surface area (Å²) in [7, 11) is 0. The van der Waals surface area contributed by atoms with Gasteiger partial charge in [0.15, 0.2) is 10.9 Å². The van der Waals surface area contributed by atoms with Crippen molar-refractivity contribution in [3.8, 4) is 0 Å². The predicted octanol–water partition coefficient (Wildman–Crippen LogP) is 4.13. The molecular weight excluding hydrogens is 484 g/mol. The lowest BCUT2D eigenvalue weighted by molar-refractivity contribution is -0.131. The number of hydrogen-bond acceptors (Lipinski definition) is 8. The molecule has 0 saturated carbocycles. The molecular formula is C28H40N6O2S. The van der Waals surface area contributed by atoms with E-state index in [-0.39, 0.29) is 34.9 Å². The van der Waals surface area contributed by atoms with E-state index in [1.165, 1.54) is 17.0 Å². The van der Waals surface area contributed by atoms with Gasteiger partial charge in [-0.05, 0) is 45.3 Å². The van der Waals surface area contributed by atoms with Crippen molar-refractivity contribution in [3.05, 3.63) is 52.7 Å². The molecule has 1 aliphatic heterocycles. The minimum atomic E-state index is -0.243. The number of nitrogens with zero attached hydrogens (tertiary/aromatic N) is 4. The van der Waals surface area contributed by atoms with Gasteiger partial charge in [0.25, 0.3) is 0 Å². The highest BCUT2D eigenvalue weighted by Crippen LogP contribution is 2.35. The van der Waals surface area contributed by atoms with Gasteiger partial charge in [0.1, 0.15) is 10.7 Å². The van der Waals surface area contributed by atoms with E-state index < -0.39 is 0 Å². The predicted molar refractivity (Wildman–Crippen MR) is 151 cm³/mol. The van der Waals surface area contributed by atoms with Crippen LogP contribution in [0.2, 0.25) is 0 Å². The van der Waals surface area contributed by atoms with Crippen molar-refractivity contribution in [2.45, 2.75) is 46.6 Å².